The summed E-state index contributed by atoms with van der Waals surface area (Å²) in [5, 5.41) is 0.783. The maximum absolute atomic E-state index is 12.1. The van der Waals surface area contributed by atoms with Crippen molar-refractivity contribution in [2.24, 2.45) is 17.6 Å². The second-order valence-corrected chi connectivity index (χ2v) is 11.3. The van der Waals surface area contributed by atoms with Crippen molar-refractivity contribution in [3.8, 4) is 5.75 Å². The number of fused-ring (bicyclic) bond motifs is 2. The predicted octanol–water partition coefficient (Wildman–Crippen LogP) is 6.51. The van der Waals surface area contributed by atoms with Crippen molar-refractivity contribution in [1.82, 2.24) is 0 Å². The standard InChI is InChI=1S/C31H41ClN2O3S/c1-36-29(8-3-2-6-18-38)27-13-10-25(27)21-34-16-15-22-9-12-26(32)19-23(22)7-4-5-17-37-30-14-11-24(31(33)35)20-28(30)34/h3,8-9,11-12,14,19-20,25,27,29,38H,2,4-7,10,13,15-18,21H2,1H3,(H2,33,35)/b8-3+/t25-,27+,29-/m0/s1. The molecule has 3 atom stereocenters. The van der Waals surface area contributed by atoms with Gasteiger partial charge in [-0.2, -0.15) is 12.6 Å². The fraction of sp³-hybridized carbons (Fsp3) is 0.516. The van der Waals surface area contributed by atoms with Gasteiger partial charge in [-0.05, 0) is 110 Å². The Labute approximate surface area is 238 Å². The molecular weight excluding hydrogens is 516 g/mol. The van der Waals surface area contributed by atoms with Crippen LogP contribution in [0.2, 0.25) is 5.02 Å². The number of carbonyl (C=O) groups is 1. The molecule has 1 aliphatic heterocycles. The first kappa shape index (κ1) is 28.8. The molecular formula is C31H41ClN2O3S. The summed E-state index contributed by atoms with van der Waals surface area (Å²) in [6, 6.07) is 11.8. The number of nitrogens with two attached hydrogens (primary N) is 1. The number of aryl methyl sites for hydroxylation is 1. The summed E-state index contributed by atoms with van der Waals surface area (Å²) in [5.74, 6) is 2.23. The Morgan fingerprint density at radius 1 is 1.21 bits per heavy atom. The lowest BCUT2D eigenvalue weighted by Crippen LogP contribution is -2.44. The summed E-state index contributed by atoms with van der Waals surface area (Å²) in [5.41, 5.74) is 9.79. The highest BCUT2D eigenvalue weighted by atomic mass is 35.5. The van der Waals surface area contributed by atoms with Crippen LogP contribution in [0.5, 0.6) is 5.75 Å². The molecule has 1 saturated carbocycles. The lowest BCUT2D eigenvalue weighted by molar-refractivity contribution is 0.0135. The van der Waals surface area contributed by atoms with Gasteiger partial charge in [0.2, 0.25) is 5.91 Å². The maximum Gasteiger partial charge on any atom is 0.248 e. The van der Waals surface area contributed by atoms with Crippen LogP contribution in [0.3, 0.4) is 0 Å². The number of unbranched alkanes of at least 4 members (excludes halogenated alkanes) is 1. The minimum Gasteiger partial charge on any atom is -0.491 e. The summed E-state index contributed by atoms with van der Waals surface area (Å²) in [6.07, 6.45) is 12.9. The van der Waals surface area contributed by atoms with Crippen LogP contribution in [-0.4, -0.2) is 44.6 Å². The second-order valence-electron chi connectivity index (χ2n) is 10.5. The van der Waals surface area contributed by atoms with Gasteiger partial charge in [-0.1, -0.05) is 29.8 Å². The highest BCUT2D eigenvalue weighted by Gasteiger charge is 2.37. The minimum atomic E-state index is -0.425. The van der Waals surface area contributed by atoms with E-state index in [9.17, 15) is 4.79 Å². The molecule has 4 rings (SSSR count). The molecule has 0 bridgehead atoms. The number of thiol groups is 1. The van der Waals surface area contributed by atoms with Gasteiger partial charge in [0.15, 0.2) is 0 Å². The zero-order valence-corrected chi connectivity index (χ0v) is 24.1. The van der Waals surface area contributed by atoms with Gasteiger partial charge in [-0.25, -0.2) is 0 Å². The number of hydrogen-bond donors (Lipinski definition) is 2. The number of hydrogen-bond acceptors (Lipinski definition) is 5. The van der Waals surface area contributed by atoms with Gasteiger partial charge < -0.3 is 20.1 Å². The summed E-state index contributed by atoms with van der Waals surface area (Å²) in [4.78, 5) is 14.5. The van der Waals surface area contributed by atoms with Crippen LogP contribution in [0.1, 0.15) is 60.0 Å². The number of amides is 1. The van der Waals surface area contributed by atoms with E-state index >= 15 is 0 Å². The van der Waals surface area contributed by atoms with Crippen LogP contribution in [-0.2, 0) is 17.6 Å². The van der Waals surface area contributed by atoms with Crippen LogP contribution in [0.25, 0.3) is 0 Å². The average Bonchev–Trinajstić information content (AvgIpc) is 2.89. The van der Waals surface area contributed by atoms with Crippen LogP contribution in [0.15, 0.2) is 48.6 Å². The Bertz CT molecular complexity index is 1110. The Hall–Kier alpha value is -2.15. The monoisotopic (exact) mass is 556 g/mol. The molecule has 0 spiro atoms. The van der Waals surface area contributed by atoms with Crippen molar-refractivity contribution in [2.75, 3.05) is 37.5 Å². The normalized spacial score (nSPS) is 20.9. The summed E-state index contributed by atoms with van der Waals surface area (Å²) >= 11 is 10.7. The van der Waals surface area contributed by atoms with Gasteiger partial charge in [-0.3, -0.25) is 4.79 Å². The lowest BCUT2D eigenvalue weighted by atomic mass is 9.70. The maximum atomic E-state index is 12.1. The molecule has 2 aromatic carbocycles. The summed E-state index contributed by atoms with van der Waals surface area (Å²) < 4.78 is 12.2. The SMILES string of the molecule is CO[C@@H](/C=C/CCCS)[C@@H]1CC[C@H]1CN1CCc2ccc(Cl)cc2CCCCOc2ccc(C(N)=O)cc21. The summed E-state index contributed by atoms with van der Waals surface area (Å²) in [6.45, 7) is 2.31. The molecule has 0 radical (unpaired) electrons. The zero-order chi connectivity index (χ0) is 26.9. The largest absolute Gasteiger partial charge is 0.491 e. The highest BCUT2D eigenvalue weighted by molar-refractivity contribution is 7.80. The fourth-order valence-electron chi connectivity index (χ4n) is 5.65. The third kappa shape index (κ3) is 7.49. The topological polar surface area (TPSA) is 64.8 Å². The van der Waals surface area contributed by atoms with Crippen molar-refractivity contribution >= 4 is 35.8 Å². The van der Waals surface area contributed by atoms with E-state index in [1.165, 1.54) is 11.1 Å². The predicted molar refractivity (Wildman–Crippen MR) is 160 cm³/mol. The van der Waals surface area contributed by atoms with Crippen LogP contribution >= 0.6 is 24.2 Å². The molecule has 2 aromatic rings. The van der Waals surface area contributed by atoms with Crippen molar-refractivity contribution in [2.45, 2.75) is 57.5 Å². The van der Waals surface area contributed by atoms with Gasteiger partial charge >= 0.3 is 0 Å². The number of carbonyl (C=O) groups excluding carboxylic acids is 1. The van der Waals surface area contributed by atoms with Gasteiger partial charge in [0.25, 0.3) is 0 Å². The van der Waals surface area contributed by atoms with E-state index in [2.05, 4.69) is 41.8 Å². The molecule has 2 aliphatic rings. The van der Waals surface area contributed by atoms with E-state index in [1.54, 1.807) is 6.07 Å². The second kappa shape index (κ2) is 14.3. The van der Waals surface area contributed by atoms with Crippen LogP contribution < -0.4 is 15.4 Å². The van der Waals surface area contributed by atoms with Gasteiger partial charge in [0.05, 0.1) is 18.4 Å². The molecule has 7 heteroatoms. The molecule has 1 heterocycles. The Morgan fingerprint density at radius 3 is 2.82 bits per heavy atom. The molecule has 5 nitrogen and oxygen atoms in total. The number of ether oxygens (including phenoxy) is 2. The lowest BCUT2D eigenvalue weighted by Gasteiger charge is -2.43. The average molecular weight is 557 g/mol. The fourth-order valence-corrected chi connectivity index (χ4v) is 6.03. The minimum absolute atomic E-state index is 0.108. The number of benzene rings is 2. The van der Waals surface area contributed by atoms with E-state index in [-0.39, 0.29) is 6.10 Å². The van der Waals surface area contributed by atoms with Crippen molar-refractivity contribution < 1.29 is 14.3 Å². The van der Waals surface area contributed by atoms with E-state index in [4.69, 9.17) is 26.8 Å². The van der Waals surface area contributed by atoms with Gasteiger partial charge in [0.1, 0.15) is 5.75 Å². The number of primary amides is 1. The first-order valence-corrected chi connectivity index (χ1v) is 14.9. The smallest absolute Gasteiger partial charge is 0.248 e. The first-order valence-electron chi connectivity index (χ1n) is 13.9. The number of rotatable bonds is 9. The van der Waals surface area contributed by atoms with Crippen LogP contribution in [0.4, 0.5) is 5.69 Å². The highest BCUT2D eigenvalue weighted by Crippen LogP contribution is 2.41. The van der Waals surface area contributed by atoms with E-state index in [0.29, 0.717) is 24.0 Å². The first-order chi connectivity index (χ1) is 18.5. The molecule has 1 amide bonds. The number of nitrogens with zero attached hydrogens (tertiary/aromatic N) is 1. The number of allylic oxidation sites excluding steroid dienone is 1. The van der Waals surface area contributed by atoms with E-state index in [0.717, 1.165) is 86.7 Å². The van der Waals surface area contributed by atoms with Crippen molar-refractivity contribution in [3.05, 3.63) is 70.3 Å². The molecule has 1 fully saturated rings. The molecule has 206 valence electrons. The molecule has 1 aliphatic carbocycles. The molecule has 2 N–H and O–H groups in total. The zero-order valence-electron chi connectivity index (χ0n) is 22.4. The van der Waals surface area contributed by atoms with E-state index in [1.807, 2.05) is 25.3 Å². The van der Waals surface area contributed by atoms with Gasteiger partial charge in [0, 0.05) is 30.8 Å². The molecule has 0 unspecified atom stereocenters. The van der Waals surface area contributed by atoms with Crippen LogP contribution in [0, 0.1) is 11.8 Å². The molecule has 0 aromatic heterocycles. The number of anilines is 1. The Morgan fingerprint density at radius 2 is 2.08 bits per heavy atom. The molecule has 38 heavy (non-hydrogen) atoms. The Kier molecular flexibility index (Phi) is 10.9. The number of halogens is 1. The molecule has 0 saturated heterocycles. The van der Waals surface area contributed by atoms with Gasteiger partial charge in [-0.15, -0.1) is 0 Å². The van der Waals surface area contributed by atoms with Crippen molar-refractivity contribution in [3.63, 3.8) is 0 Å². The third-order valence-electron chi connectivity index (χ3n) is 7.98. The Balaban J connectivity index is 1.61. The quantitative estimate of drug-likeness (QED) is 0.210. The third-order valence-corrected chi connectivity index (χ3v) is 8.53. The summed E-state index contributed by atoms with van der Waals surface area (Å²) in [7, 11) is 1.81. The van der Waals surface area contributed by atoms with E-state index < -0.39 is 5.91 Å². The van der Waals surface area contributed by atoms with Crippen molar-refractivity contribution in [1.29, 1.82) is 0 Å². The number of methoxy groups -OCH3 is 1.